The number of ether oxygens (including phenoxy) is 2. The normalized spacial score (nSPS) is 10.3. The second kappa shape index (κ2) is 7.88. The van der Waals surface area contributed by atoms with Gasteiger partial charge in [-0.3, -0.25) is 4.79 Å². The molecule has 1 aromatic heterocycles. The fraction of sp³-hybridized carbons (Fsp3) is 0.158. The third kappa shape index (κ3) is 4.12. The Balaban J connectivity index is 1.81. The van der Waals surface area contributed by atoms with E-state index in [2.05, 4.69) is 15.6 Å². The van der Waals surface area contributed by atoms with Crippen molar-refractivity contribution in [3.63, 3.8) is 0 Å². The second-order valence-corrected chi connectivity index (χ2v) is 6.35. The number of nitrogens with zero attached hydrogens (tertiary/aromatic N) is 1. The number of benzene rings is 2. The maximum Gasteiger partial charge on any atom is 0.221 e. The van der Waals surface area contributed by atoms with Gasteiger partial charge >= 0.3 is 0 Å². The van der Waals surface area contributed by atoms with Crippen molar-refractivity contribution in [1.29, 1.82) is 0 Å². The Labute approximate surface area is 155 Å². The maximum absolute atomic E-state index is 11.2. The topological polar surface area (TPSA) is 72.5 Å². The van der Waals surface area contributed by atoms with E-state index in [0.717, 1.165) is 33.5 Å². The zero-order valence-electron chi connectivity index (χ0n) is 14.7. The molecule has 0 spiro atoms. The van der Waals surface area contributed by atoms with Crippen LogP contribution in [0.5, 0.6) is 11.5 Å². The molecule has 0 radical (unpaired) electrons. The molecule has 134 valence electrons. The highest BCUT2D eigenvalue weighted by Crippen LogP contribution is 2.34. The molecular weight excluding hydrogens is 350 g/mol. The van der Waals surface area contributed by atoms with E-state index in [0.29, 0.717) is 5.75 Å². The van der Waals surface area contributed by atoms with Gasteiger partial charge in [0.1, 0.15) is 11.5 Å². The number of hydrogen-bond acceptors (Lipinski definition) is 6. The van der Waals surface area contributed by atoms with E-state index >= 15 is 0 Å². The Morgan fingerprint density at radius 1 is 1.12 bits per heavy atom. The van der Waals surface area contributed by atoms with Gasteiger partial charge in [0, 0.05) is 29.6 Å². The van der Waals surface area contributed by atoms with E-state index in [4.69, 9.17) is 9.47 Å². The number of hydrogen-bond donors (Lipinski definition) is 2. The van der Waals surface area contributed by atoms with Crippen molar-refractivity contribution < 1.29 is 14.3 Å². The summed E-state index contributed by atoms with van der Waals surface area (Å²) < 4.78 is 10.6. The van der Waals surface area contributed by atoms with Crippen LogP contribution < -0.4 is 20.1 Å². The summed E-state index contributed by atoms with van der Waals surface area (Å²) in [6.07, 6.45) is 0. The second-order valence-electron chi connectivity index (χ2n) is 5.49. The highest BCUT2D eigenvalue weighted by Gasteiger charge is 2.10. The van der Waals surface area contributed by atoms with Gasteiger partial charge in [-0.05, 0) is 24.3 Å². The Morgan fingerprint density at radius 2 is 1.96 bits per heavy atom. The van der Waals surface area contributed by atoms with Crippen LogP contribution in [0.2, 0.25) is 0 Å². The maximum atomic E-state index is 11.2. The molecule has 1 heterocycles. The van der Waals surface area contributed by atoms with Crippen molar-refractivity contribution in [3.8, 4) is 22.8 Å². The number of anilines is 3. The van der Waals surface area contributed by atoms with Gasteiger partial charge in [0.05, 0.1) is 25.6 Å². The Morgan fingerprint density at radius 3 is 2.69 bits per heavy atom. The molecule has 0 saturated carbocycles. The molecular formula is C19H19N3O3S. The Kier molecular flexibility index (Phi) is 5.38. The van der Waals surface area contributed by atoms with Gasteiger partial charge in [-0.1, -0.05) is 12.1 Å². The molecule has 3 rings (SSSR count). The lowest BCUT2D eigenvalue weighted by Gasteiger charge is -2.10. The number of rotatable bonds is 6. The first-order chi connectivity index (χ1) is 12.6. The smallest absolute Gasteiger partial charge is 0.221 e. The van der Waals surface area contributed by atoms with E-state index in [9.17, 15) is 4.79 Å². The van der Waals surface area contributed by atoms with Crippen molar-refractivity contribution in [2.24, 2.45) is 0 Å². The molecule has 3 aromatic rings. The van der Waals surface area contributed by atoms with Gasteiger partial charge in [0.15, 0.2) is 5.13 Å². The number of methoxy groups -OCH3 is 2. The molecule has 6 nitrogen and oxygen atoms in total. The lowest BCUT2D eigenvalue weighted by Crippen LogP contribution is -2.05. The largest absolute Gasteiger partial charge is 0.497 e. The third-order valence-electron chi connectivity index (χ3n) is 3.63. The standard InChI is InChI=1S/C19H19N3O3S/c1-12(23)20-14-6-4-5-13(9-14)17-11-26-19(22-17)21-16-8-7-15(24-2)10-18(16)25-3/h4-11H,1-3H3,(H,20,23)(H,21,22). The van der Waals surface area contributed by atoms with Crippen molar-refractivity contribution in [3.05, 3.63) is 47.8 Å². The number of amides is 1. The molecule has 0 fully saturated rings. The Hall–Kier alpha value is -3.06. The van der Waals surface area contributed by atoms with Crippen molar-refractivity contribution in [2.75, 3.05) is 24.9 Å². The molecule has 0 unspecified atom stereocenters. The number of nitrogens with one attached hydrogen (secondary N) is 2. The van der Waals surface area contributed by atoms with Crippen molar-refractivity contribution in [1.82, 2.24) is 4.98 Å². The third-order valence-corrected chi connectivity index (χ3v) is 4.39. The summed E-state index contributed by atoms with van der Waals surface area (Å²) in [6, 6.07) is 13.1. The first-order valence-corrected chi connectivity index (χ1v) is 8.79. The van der Waals surface area contributed by atoms with Crippen LogP contribution in [0, 0.1) is 0 Å². The zero-order valence-corrected chi connectivity index (χ0v) is 15.5. The highest BCUT2D eigenvalue weighted by molar-refractivity contribution is 7.14. The predicted molar refractivity (Wildman–Crippen MR) is 105 cm³/mol. The number of carbonyl (C=O) groups excluding carboxylic acids is 1. The van der Waals surface area contributed by atoms with Crippen LogP contribution in [0.3, 0.4) is 0 Å². The van der Waals surface area contributed by atoms with E-state index in [1.54, 1.807) is 14.2 Å². The Bertz CT molecular complexity index is 924. The molecule has 0 atom stereocenters. The minimum absolute atomic E-state index is 0.102. The van der Waals surface area contributed by atoms with Gasteiger partial charge in [-0.15, -0.1) is 11.3 Å². The molecule has 26 heavy (non-hydrogen) atoms. The molecule has 7 heteroatoms. The minimum atomic E-state index is -0.102. The van der Waals surface area contributed by atoms with E-state index < -0.39 is 0 Å². The summed E-state index contributed by atoms with van der Waals surface area (Å²) in [5, 5.41) is 8.76. The van der Waals surface area contributed by atoms with Gasteiger partial charge in [-0.2, -0.15) is 0 Å². The van der Waals surface area contributed by atoms with Crippen LogP contribution in [0.25, 0.3) is 11.3 Å². The lowest BCUT2D eigenvalue weighted by atomic mass is 10.1. The quantitative estimate of drug-likeness (QED) is 0.668. The summed E-state index contributed by atoms with van der Waals surface area (Å²) >= 11 is 1.49. The van der Waals surface area contributed by atoms with Crippen LogP contribution >= 0.6 is 11.3 Å². The number of carbonyl (C=O) groups is 1. The first-order valence-electron chi connectivity index (χ1n) is 7.91. The molecule has 0 aliphatic carbocycles. The van der Waals surface area contributed by atoms with Crippen molar-refractivity contribution in [2.45, 2.75) is 6.92 Å². The molecule has 0 bridgehead atoms. The summed E-state index contributed by atoms with van der Waals surface area (Å²) in [7, 11) is 3.23. The lowest BCUT2D eigenvalue weighted by molar-refractivity contribution is -0.114. The minimum Gasteiger partial charge on any atom is -0.497 e. The number of thiazole rings is 1. The fourth-order valence-electron chi connectivity index (χ4n) is 2.44. The summed E-state index contributed by atoms with van der Waals surface area (Å²) in [5.74, 6) is 1.30. The van der Waals surface area contributed by atoms with E-state index in [1.165, 1.54) is 18.3 Å². The van der Waals surface area contributed by atoms with Crippen LogP contribution in [0.1, 0.15) is 6.92 Å². The van der Waals surface area contributed by atoms with E-state index in [-0.39, 0.29) is 5.91 Å². The highest BCUT2D eigenvalue weighted by atomic mass is 32.1. The predicted octanol–water partition coefficient (Wildman–Crippen LogP) is 4.53. The van der Waals surface area contributed by atoms with Gasteiger partial charge in [0.2, 0.25) is 5.91 Å². The summed E-state index contributed by atoms with van der Waals surface area (Å²) in [4.78, 5) is 15.8. The average molecular weight is 369 g/mol. The molecule has 2 aromatic carbocycles. The molecule has 0 saturated heterocycles. The monoisotopic (exact) mass is 369 g/mol. The summed E-state index contributed by atoms with van der Waals surface area (Å²) in [6.45, 7) is 1.49. The van der Waals surface area contributed by atoms with Crippen LogP contribution in [0.4, 0.5) is 16.5 Å². The molecule has 0 aliphatic rings. The zero-order chi connectivity index (χ0) is 18.5. The van der Waals surface area contributed by atoms with Crippen LogP contribution in [-0.4, -0.2) is 25.1 Å². The average Bonchev–Trinajstić information content (AvgIpc) is 3.10. The molecule has 0 aliphatic heterocycles. The molecule has 2 N–H and O–H groups in total. The first kappa shape index (κ1) is 17.8. The summed E-state index contributed by atoms with van der Waals surface area (Å²) in [5.41, 5.74) is 3.31. The van der Waals surface area contributed by atoms with Crippen LogP contribution in [0.15, 0.2) is 47.8 Å². The van der Waals surface area contributed by atoms with Gasteiger partial charge in [0.25, 0.3) is 0 Å². The van der Waals surface area contributed by atoms with Gasteiger partial charge in [-0.25, -0.2) is 4.98 Å². The van der Waals surface area contributed by atoms with Crippen molar-refractivity contribution >= 4 is 33.8 Å². The number of aromatic nitrogens is 1. The van der Waals surface area contributed by atoms with Gasteiger partial charge < -0.3 is 20.1 Å². The SMILES string of the molecule is COc1ccc(Nc2nc(-c3cccc(NC(C)=O)c3)cs2)c(OC)c1. The molecule has 1 amide bonds. The fourth-order valence-corrected chi connectivity index (χ4v) is 3.17. The van der Waals surface area contributed by atoms with E-state index in [1.807, 2.05) is 47.8 Å². The van der Waals surface area contributed by atoms with Crippen LogP contribution in [-0.2, 0) is 4.79 Å².